The smallest absolute Gasteiger partial charge is 0.0541 e. The van der Waals surface area contributed by atoms with E-state index in [-0.39, 0.29) is 0 Å². The summed E-state index contributed by atoms with van der Waals surface area (Å²) in [7, 11) is 0. The monoisotopic (exact) mass is 603 g/mol. The molecular formula is C44H29NS. The Morgan fingerprint density at radius 2 is 0.761 bits per heavy atom. The Balaban J connectivity index is 1.30. The van der Waals surface area contributed by atoms with Crippen molar-refractivity contribution >= 4 is 43.9 Å². The highest BCUT2D eigenvalue weighted by Gasteiger charge is 2.20. The number of thiophene rings is 1. The molecule has 0 atom stereocenters. The van der Waals surface area contributed by atoms with Crippen LogP contribution in [0, 0.1) is 0 Å². The van der Waals surface area contributed by atoms with E-state index in [0.29, 0.717) is 0 Å². The maximum atomic E-state index is 2.41. The fourth-order valence-electron chi connectivity index (χ4n) is 6.97. The minimum atomic E-state index is 1.16. The van der Waals surface area contributed by atoms with Gasteiger partial charge in [0.1, 0.15) is 0 Å². The molecule has 0 saturated heterocycles. The van der Waals surface area contributed by atoms with Gasteiger partial charge in [-0.05, 0) is 46.5 Å². The van der Waals surface area contributed by atoms with E-state index in [1.807, 2.05) is 11.3 Å². The first kappa shape index (κ1) is 26.7. The van der Waals surface area contributed by atoms with Gasteiger partial charge in [0.15, 0.2) is 0 Å². The van der Waals surface area contributed by atoms with Crippen LogP contribution in [0.5, 0.6) is 0 Å². The summed E-state index contributed by atoms with van der Waals surface area (Å²) in [4.78, 5) is 2.59. The van der Waals surface area contributed by atoms with Gasteiger partial charge in [0.2, 0.25) is 0 Å². The standard InChI is InChI=1S/C44H29NS/c1-3-15-30(16-4-1)33-19-7-8-22-36(33)43-37-23-9-10-24-38(37)44(46-43)39-28-27-32(29-40(39)31-17-5-2-6-18-31)45-41-25-13-11-20-34(41)35-21-12-14-26-42(35)45/h1-29H. The molecule has 9 rings (SSSR count). The second kappa shape index (κ2) is 11.0. The number of hydrogen-bond donors (Lipinski definition) is 0. The first-order valence-corrected chi connectivity index (χ1v) is 16.5. The predicted octanol–water partition coefficient (Wildman–Crippen LogP) is 12.7. The fraction of sp³-hybridized carbons (Fsp3) is 0. The lowest BCUT2D eigenvalue weighted by Gasteiger charge is -2.14. The summed E-state index contributed by atoms with van der Waals surface area (Å²) in [6, 6.07) is 63.8. The van der Waals surface area contributed by atoms with Gasteiger partial charge in [0.25, 0.3) is 0 Å². The second-order valence-electron chi connectivity index (χ2n) is 11.7. The predicted molar refractivity (Wildman–Crippen MR) is 198 cm³/mol. The molecule has 2 heteroatoms. The second-order valence-corrected chi connectivity index (χ2v) is 12.7. The molecule has 1 nitrogen and oxygen atoms in total. The molecule has 0 fully saturated rings. The molecule has 0 aliphatic heterocycles. The third-order valence-corrected chi connectivity index (χ3v) is 10.3. The molecule has 9 aromatic rings. The minimum absolute atomic E-state index is 1.16. The highest BCUT2D eigenvalue weighted by atomic mass is 32.1. The van der Waals surface area contributed by atoms with Crippen molar-refractivity contribution in [1.29, 1.82) is 0 Å². The van der Waals surface area contributed by atoms with E-state index in [1.54, 1.807) is 0 Å². The van der Waals surface area contributed by atoms with Gasteiger partial charge in [-0.3, -0.25) is 0 Å². The van der Waals surface area contributed by atoms with Crippen molar-refractivity contribution in [2.45, 2.75) is 0 Å². The largest absolute Gasteiger partial charge is 0.309 e. The van der Waals surface area contributed by atoms with E-state index < -0.39 is 0 Å². The SMILES string of the molecule is c1ccc(-c2ccccc2-c2sc(-c3ccc(-n4c5ccccc5c5ccccc54)cc3-c3ccccc3)c3ccccc23)cc1. The Kier molecular flexibility index (Phi) is 6.40. The van der Waals surface area contributed by atoms with Crippen LogP contribution in [0.3, 0.4) is 0 Å². The Labute approximate surface area is 272 Å². The lowest BCUT2D eigenvalue weighted by molar-refractivity contribution is 1.18. The van der Waals surface area contributed by atoms with Crippen LogP contribution in [-0.2, 0) is 0 Å². The van der Waals surface area contributed by atoms with Crippen molar-refractivity contribution < 1.29 is 0 Å². The zero-order chi connectivity index (χ0) is 30.5. The summed E-state index contributed by atoms with van der Waals surface area (Å²) < 4.78 is 2.41. The molecule has 0 unspecified atom stereocenters. The number of rotatable bonds is 5. The molecule has 2 heterocycles. The molecule has 216 valence electrons. The molecule has 0 spiro atoms. The summed E-state index contributed by atoms with van der Waals surface area (Å²) in [6.45, 7) is 0. The molecule has 0 radical (unpaired) electrons. The Morgan fingerprint density at radius 3 is 1.35 bits per heavy atom. The molecular weight excluding hydrogens is 575 g/mol. The van der Waals surface area contributed by atoms with Crippen molar-refractivity contribution in [2.75, 3.05) is 0 Å². The van der Waals surface area contributed by atoms with E-state index in [1.165, 1.54) is 75.7 Å². The summed E-state index contributed by atoms with van der Waals surface area (Å²) in [6.07, 6.45) is 0. The van der Waals surface area contributed by atoms with Gasteiger partial charge >= 0.3 is 0 Å². The Bertz CT molecular complexity index is 2460. The van der Waals surface area contributed by atoms with Crippen LogP contribution < -0.4 is 0 Å². The van der Waals surface area contributed by atoms with E-state index in [0.717, 1.165) is 5.69 Å². The summed E-state index contributed by atoms with van der Waals surface area (Å²) >= 11 is 1.90. The normalized spacial score (nSPS) is 11.5. The van der Waals surface area contributed by atoms with Gasteiger partial charge in [-0.1, -0.05) is 152 Å². The first-order valence-electron chi connectivity index (χ1n) is 15.7. The summed E-state index contributed by atoms with van der Waals surface area (Å²) in [5, 5.41) is 5.12. The van der Waals surface area contributed by atoms with Gasteiger partial charge in [-0.2, -0.15) is 0 Å². The number of benzene rings is 7. The molecule has 46 heavy (non-hydrogen) atoms. The number of fused-ring (bicyclic) bond motifs is 4. The maximum Gasteiger partial charge on any atom is 0.0541 e. The van der Waals surface area contributed by atoms with Crippen LogP contribution in [0.4, 0.5) is 0 Å². The first-order chi connectivity index (χ1) is 22.8. The van der Waals surface area contributed by atoms with Crippen LogP contribution >= 0.6 is 11.3 Å². The Morgan fingerprint density at radius 1 is 0.326 bits per heavy atom. The van der Waals surface area contributed by atoms with Gasteiger partial charge in [-0.25, -0.2) is 0 Å². The minimum Gasteiger partial charge on any atom is -0.309 e. The van der Waals surface area contributed by atoms with Gasteiger partial charge in [0, 0.05) is 48.1 Å². The van der Waals surface area contributed by atoms with E-state index in [4.69, 9.17) is 0 Å². The van der Waals surface area contributed by atoms with Crippen LogP contribution in [0.1, 0.15) is 0 Å². The van der Waals surface area contributed by atoms with E-state index in [9.17, 15) is 0 Å². The Hall–Kier alpha value is -5.70. The molecule has 0 bridgehead atoms. The topological polar surface area (TPSA) is 4.93 Å². The molecule has 0 aliphatic carbocycles. The van der Waals surface area contributed by atoms with Gasteiger partial charge in [0.05, 0.1) is 11.0 Å². The summed E-state index contributed by atoms with van der Waals surface area (Å²) in [5.41, 5.74) is 11.1. The molecule has 0 amide bonds. The quantitative estimate of drug-likeness (QED) is 0.184. The van der Waals surface area contributed by atoms with E-state index >= 15 is 0 Å². The van der Waals surface area contributed by atoms with Crippen molar-refractivity contribution in [3.8, 4) is 48.8 Å². The van der Waals surface area contributed by atoms with Crippen molar-refractivity contribution in [3.05, 3.63) is 176 Å². The number of nitrogens with zero attached hydrogens (tertiary/aromatic N) is 1. The highest BCUT2D eigenvalue weighted by Crippen LogP contribution is 2.49. The maximum absolute atomic E-state index is 2.41. The lowest BCUT2D eigenvalue weighted by Crippen LogP contribution is -1.95. The number of para-hydroxylation sites is 2. The average Bonchev–Trinajstić information content (AvgIpc) is 3.69. The van der Waals surface area contributed by atoms with Gasteiger partial charge in [-0.15, -0.1) is 11.3 Å². The average molecular weight is 604 g/mol. The molecule has 2 aromatic heterocycles. The number of hydrogen-bond acceptors (Lipinski definition) is 1. The fourth-order valence-corrected chi connectivity index (χ4v) is 8.32. The molecule has 7 aromatic carbocycles. The molecule has 0 aliphatic rings. The van der Waals surface area contributed by atoms with E-state index in [2.05, 4.69) is 180 Å². The third-order valence-electron chi connectivity index (χ3n) is 9.05. The highest BCUT2D eigenvalue weighted by molar-refractivity contribution is 7.21. The zero-order valence-electron chi connectivity index (χ0n) is 25.1. The van der Waals surface area contributed by atoms with Crippen molar-refractivity contribution in [1.82, 2.24) is 4.57 Å². The third kappa shape index (κ3) is 4.30. The van der Waals surface area contributed by atoms with Crippen LogP contribution in [-0.4, -0.2) is 4.57 Å². The van der Waals surface area contributed by atoms with Crippen LogP contribution in [0.25, 0.3) is 81.4 Å². The molecule has 0 N–H and O–H groups in total. The molecule has 0 saturated carbocycles. The number of aromatic nitrogens is 1. The van der Waals surface area contributed by atoms with Crippen molar-refractivity contribution in [3.63, 3.8) is 0 Å². The van der Waals surface area contributed by atoms with Crippen LogP contribution in [0.2, 0.25) is 0 Å². The summed E-state index contributed by atoms with van der Waals surface area (Å²) in [5.74, 6) is 0. The lowest BCUT2D eigenvalue weighted by atomic mass is 9.94. The van der Waals surface area contributed by atoms with Crippen molar-refractivity contribution in [2.24, 2.45) is 0 Å². The van der Waals surface area contributed by atoms with Crippen LogP contribution in [0.15, 0.2) is 176 Å². The zero-order valence-corrected chi connectivity index (χ0v) is 25.9. The van der Waals surface area contributed by atoms with Gasteiger partial charge < -0.3 is 4.57 Å².